The number of hydrogen-bond acceptors (Lipinski definition) is 0. The zero-order chi connectivity index (χ0) is 7.82. The van der Waals surface area contributed by atoms with Crippen LogP contribution in [0.3, 0.4) is 0 Å². The van der Waals surface area contributed by atoms with Gasteiger partial charge >= 0.3 is 76.0 Å². The fourth-order valence-electron chi connectivity index (χ4n) is 1.33. The van der Waals surface area contributed by atoms with Crippen LogP contribution in [0.1, 0.15) is 46.5 Å². The molecule has 0 aliphatic carbocycles. The van der Waals surface area contributed by atoms with Crippen LogP contribution < -0.4 is 0 Å². The molecular weight excluding hydrogens is 227 g/mol. The van der Waals surface area contributed by atoms with Crippen LogP contribution in [0.5, 0.6) is 0 Å². The summed E-state index contributed by atoms with van der Waals surface area (Å²) in [5, 5.41) is 0. The van der Waals surface area contributed by atoms with Crippen molar-refractivity contribution in [3.63, 3.8) is 0 Å². The third-order valence-corrected chi connectivity index (χ3v) is 6.23. The average Bonchev–Trinajstić information content (AvgIpc) is 1.90. The van der Waals surface area contributed by atoms with E-state index in [2.05, 4.69) is 20.8 Å². The van der Waals surface area contributed by atoms with E-state index in [9.17, 15) is 0 Å². The molecule has 0 aromatic rings. The summed E-state index contributed by atoms with van der Waals surface area (Å²) >= 11 is 0.0600. The molecule has 0 fully saturated rings. The van der Waals surface area contributed by atoms with Crippen molar-refractivity contribution >= 4 is 21.1 Å². The van der Waals surface area contributed by atoms with E-state index in [-0.39, 0.29) is 21.1 Å². The summed E-state index contributed by atoms with van der Waals surface area (Å²) < 4.78 is 2.73. The van der Waals surface area contributed by atoms with Crippen LogP contribution >= 0.6 is 0 Å². The van der Waals surface area contributed by atoms with Crippen LogP contribution in [-0.2, 0) is 0 Å². The zero-order valence-corrected chi connectivity index (χ0v) is 10.5. The topological polar surface area (TPSA) is 0 Å². The van der Waals surface area contributed by atoms with Gasteiger partial charge in [0.2, 0.25) is 0 Å². The van der Waals surface area contributed by atoms with E-state index in [4.69, 9.17) is 0 Å². The van der Waals surface area contributed by atoms with Gasteiger partial charge in [-0.3, -0.25) is 0 Å². The van der Waals surface area contributed by atoms with Crippen LogP contribution in [0.2, 0.25) is 8.37 Å². The van der Waals surface area contributed by atoms with Gasteiger partial charge in [0.15, 0.2) is 0 Å². The Kier molecular flexibility index (Phi) is 8.53. The molecule has 0 nitrogen and oxygen atoms in total. The monoisotopic (exact) mass is 248 g/mol. The average molecular weight is 247 g/mol. The van der Waals surface area contributed by atoms with Crippen molar-refractivity contribution in [2.45, 2.75) is 54.8 Å². The molecule has 0 unspecified atom stereocenters. The van der Waals surface area contributed by atoms with Gasteiger partial charge in [-0.2, -0.15) is 0 Å². The fraction of sp³-hybridized carbons (Fsp3) is 1.00. The number of hydrogen-bond donors (Lipinski definition) is 0. The molecular formula is C9H20Sn. The molecule has 0 saturated heterocycles. The summed E-state index contributed by atoms with van der Waals surface area (Å²) in [7, 11) is 0. The normalized spacial score (nSPS) is 10.8. The van der Waals surface area contributed by atoms with Gasteiger partial charge in [-0.15, -0.1) is 0 Å². The van der Waals surface area contributed by atoms with Crippen LogP contribution in [0.25, 0.3) is 0 Å². The van der Waals surface area contributed by atoms with Crippen molar-refractivity contribution in [2.75, 3.05) is 0 Å². The van der Waals surface area contributed by atoms with E-state index < -0.39 is 0 Å². The molecule has 0 amide bonds. The first-order valence-corrected chi connectivity index (χ1v) is 8.25. The maximum atomic E-state index is 2.37. The maximum absolute atomic E-state index is 2.37. The predicted octanol–water partition coefficient (Wildman–Crippen LogP) is 3.52. The van der Waals surface area contributed by atoms with E-state index in [1.54, 1.807) is 0 Å². The van der Waals surface area contributed by atoms with Crippen molar-refractivity contribution in [3.8, 4) is 0 Å². The molecule has 0 heterocycles. The zero-order valence-electron chi connectivity index (χ0n) is 7.61. The predicted molar refractivity (Wildman–Crippen MR) is 49.8 cm³/mol. The molecule has 0 saturated carbocycles. The van der Waals surface area contributed by atoms with Gasteiger partial charge in [0.25, 0.3) is 0 Å². The summed E-state index contributed by atoms with van der Waals surface area (Å²) in [6.07, 6.45) is 5.86. The van der Waals surface area contributed by atoms with Crippen LogP contribution in [0, 0.1) is 0 Å². The molecule has 0 atom stereocenters. The molecule has 0 rings (SSSR count). The Labute approximate surface area is 76.0 Å². The van der Waals surface area contributed by atoms with Crippen LogP contribution in [0.15, 0.2) is 0 Å². The Morgan fingerprint density at radius 3 is 1.80 bits per heavy atom. The van der Waals surface area contributed by atoms with Crippen molar-refractivity contribution in [1.29, 1.82) is 0 Å². The van der Waals surface area contributed by atoms with Gasteiger partial charge < -0.3 is 0 Å². The third-order valence-electron chi connectivity index (χ3n) is 1.77. The molecule has 0 spiro atoms. The molecule has 1 heteroatoms. The standard InChI is InChI=1S/C7H15.C2H5.Sn/c1-3-5-7-6-4-2;1-2;/h7H,3-6H2,1-2H3;1H2,2H3;. The molecule has 0 aliphatic heterocycles. The number of rotatable bonds is 6. The van der Waals surface area contributed by atoms with Gasteiger partial charge in [-0.1, -0.05) is 0 Å². The second kappa shape index (κ2) is 7.90. The molecule has 0 aromatic heterocycles. The van der Waals surface area contributed by atoms with E-state index >= 15 is 0 Å². The summed E-state index contributed by atoms with van der Waals surface area (Å²) in [5.41, 5.74) is 0. The van der Waals surface area contributed by atoms with Crippen molar-refractivity contribution < 1.29 is 0 Å². The molecule has 0 aliphatic rings. The van der Waals surface area contributed by atoms with Gasteiger partial charge in [-0.05, 0) is 0 Å². The minimum absolute atomic E-state index is 0.0600. The van der Waals surface area contributed by atoms with E-state index in [0.717, 1.165) is 0 Å². The summed E-state index contributed by atoms with van der Waals surface area (Å²) in [6.45, 7) is 7.00. The molecule has 0 N–H and O–H groups in total. The molecule has 60 valence electrons. The van der Waals surface area contributed by atoms with Crippen molar-refractivity contribution in [1.82, 2.24) is 0 Å². The van der Waals surface area contributed by atoms with Crippen molar-refractivity contribution in [3.05, 3.63) is 0 Å². The quantitative estimate of drug-likeness (QED) is 0.630. The third kappa shape index (κ3) is 5.57. The van der Waals surface area contributed by atoms with Crippen molar-refractivity contribution in [2.24, 2.45) is 0 Å². The second-order valence-corrected chi connectivity index (χ2v) is 8.35. The Morgan fingerprint density at radius 2 is 1.50 bits per heavy atom. The molecule has 2 radical (unpaired) electrons. The second-order valence-electron chi connectivity index (χ2n) is 2.83. The minimum atomic E-state index is 0.0600. The van der Waals surface area contributed by atoms with E-state index in [1.807, 2.05) is 0 Å². The summed E-state index contributed by atoms with van der Waals surface area (Å²) in [4.78, 5) is 0. The van der Waals surface area contributed by atoms with Gasteiger partial charge in [0, 0.05) is 0 Å². The first-order chi connectivity index (χ1) is 4.85. The van der Waals surface area contributed by atoms with E-state index in [1.165, 1.54) is 34.1 Å². The Balaban J connectivity index is 3.30. The van der Waals surface area contributed by atoms with Gasteiger partial charge in [0.05, 0.1) is 0 Å². The first-order valence-electron chi connectivity index (χ1n) is 4.58. The molecule has 0 aromatic carbocycles. The first kappa shape index (κ1) is 10.8. The SMILES string of the molecule is CCC[CH](CCC)[Sn][CH2]C. The summed E-state index contributed by atoms with van der Waals surface area (Å²) in [6, 6.07) is 0. The summed E-state index contributed by atoms with van der Waals surface area (Å²) in [5.74, 6) is 0. The van der Waals surface area contributed by atoms with Crippen LogP contribution in [-0.4, -0.2) is 21.1 Å². The van der Waals surface area contributed by atoms with E-state index in [0.29, 0.717) is 0 Å². The van der Waals surface area contributed by atoms with Gasteiger partial charge in [-0.25, -0.2) is 0 Å². The fourth-order valence-corrected chi connectivity index (χ4v) is 5.79. The van der Waals surface area contributed by atoms with Gasteiger partial charge in [0.1, 0.15) is 0 Å². The Bertz CT molecular complexity index is 47.5. The molecule has 10 heavy (non-hydrogen) atoms. The molecule has 0 bridgehead atoms. The van der Waals surface area contributed by atoms with Crippen LogP contribution in [0.4, 0.5) is 0 Å². The Morgan fingerprint density at radius 1 is 1.00 bits per heavy atom. The Hall–Kier alpha value is 0.799.